The van der Waals surface area contributed by atoms with Gasteiger partial charge in [-0.05, 0) is 62.1 Å². The van der Waals surface area contributed by atoms with Gasteiger partial charge in [-0.2, -0.15) is 0 Å². The molecule has 2 aliphatic heterocycles. The van der Waals surface area contributed by atoms with E-state index >= 15 is 0 Å². The van der Waals surface area contributed by atoms with Gasteiger partial charge in [0.05, 0.1) is 17.6 Å². The van der Waals surface area contributed by atoms with E-state index in [0.29, 0.717) is 38.3 Å². The standard InChI is InChI=1S/C23H27N5O3/c1-23(2,3)31-22(30)27-10-7-16(8-11-27)20-5-4-19(13-25-20)26-21(29)28-14-17-6-9-24-12-18(17)15-28/h4-7,9,12-13H,8,10-11,14-15H2,1-3H3,(H,26,29). The van der Waals surface area contributed by atoms with Crippen LogP contribution in [0, 0.1) is 0 Å². The van der Waals surface area contributed by atoms with Gasteiger partial charge in [0.25, 0.3) is 0 Å². The van der Waals surface area contributed by atoms with E-state index in [1.807, 2.05) is 45.0 Å². The largest absolute Gasteiger partial charge is 0.444 e. The van der Waals surface area contributed by atoms with Gasteiger partial charge in [0, 0.05) is 38.6 Å². The Hall–Kier alpha value is -3.42. The molecule has 31 heavy (non-hydrogen) atoms. The molecule has 4 heterocycles. The Kier molecular flexibility index (Phi) is 5.63. The number of fused-ring (bicyclic) bond motifs is 1. The number of carbonyl (C=O) groups is 2. The van der Waals surface area contributed by atoms with Crippen LogP contribution in [0.5, 0.6) is 0 Å². The van der Waals surface area contributed by atoms with Gasteiger partial charge in [-0.15, -0.1) is 0 Å². The lowest BCUT2D eigenvalue weighted by Gasteiger charge is -2.29. The Morgan fingerprint density at radius 1 is 1.06 bits per heavy atom. The first kappa shape index (κ1) is 20.8. The van der Waals surface area contributed by atoms with Crippen molar-refractivity contribution in [2.24, 2.45) is 0 Å². The predicted molar refractivity (Wildman–Crippen MR) is 117 cm³/mol. The lowest BCUT2D eigenvalue weighted by atomic mass is 10.0. The molecular weight excluding hydrogens is 394 g/mol. The highest BCUT2D eigenvalue weighted by atomic mass is 16.6. The summed E-state index contributed by atoms with van der Waals surface area (Å²) in [4.78, 5) is 36.8. The molecule has 0 bridgehead atoms. The number of carbonyl (C=O) groups excluding carboxylic acids is 2. The van der Waals surface area contributed by atoms with Gasteiger partial charge in [-0.1, -0.05) is 6.08 Å². The number of hydrogen-bond acceptors (Lipinski definition) is 5. The molecule has 0 saturated heterocycles. The number of nitrogens with one attached hydrogen (secondary N) is 1. The number of amides is 3. The minimum atomic E-state index is -0.502. The molecular formula is C23H27N5O3. The average Bonchev–Trinajstić information content (AvgIpc) is 3.18. The second-order valence-electron chi connectivity index (χ2n) is 8.77. The van der Waals surface area contributed by atoms with Crippen LogP contribution in [0.15, 0.2) is 42.9 Å². The van der Waals surface area contributed by atoms with Crippen molar-refractivity contribution in [3.8, 4) is 0 Å². The van der Waals surface area contributed by atoms with Crippen molar-refractivity contribution < 1.29 is 14.3 Å². The summed E-state index contributed by atoms with van der Waals surface area (Å²) in [7, 11) is 0. The van der Waals surface area contributed by atoms with E-state index in [2.05, 4.69) is 15.3 Å². The number of nitrogens with zero attached hydrogens (tertiary/aromatic N) is 4. The summed E-state index contributed by atoms with van der Waals surface area (Å²) in [5.74, 6) is 0. The van der Waals surface area contributed by atoms with Crippen LogP contribution in [-0.4, -0.2) is 50.6 Å². The van der Waals surface area contributed by atoms with Crippen LogP contribution in [0.2, 0.25) is 0 Å². The number of pyridine rings is 2. The van der Waals surface area contributed by atoms with Crippen molar-refractivity contribution in [2.75, 3.05) is 18.4 Å². The number of ether oxygens (including phenoxy) is 1. The van der Waals surface area contributed by atoms with Crippen molar-refractivity contribution in [3.63, 3.8) is 0 Å². The van der Waals surface area contributed by atoms with Crippen molar-refractivity contribution in [3.05, 3.63) is 59.7 Å². The van der Waals surface area contributed by atoms with E-state index < -0.39 is 5.60 Å². The fraction of sp³-hybridized carbons (Fsp3) is 0.391. The van der Waals surface area contributed by atoms with Crippen LogP contribution in [0.25, 0.3) is 5.57 Å². The molecule has 8 heteroatoms. The van der Waals surface area contributed by atoms with Crippen LogP contribution in [-0.2, 0) is 17.8 Å². The molecule has 0 saturated carbocycles. The monoisotopic (exact) mass is 421 g/mol. The quantitative estimate of drug-likeness (QED) is 0.790. The van der Waals surface area contributed by atoms with Gasteiger partial charge < -0.3 is 19.9 Å². The van der Waals surface area contributed by atoms with Gasteiger partial charge in [-0.3, -0.25) is 9.97 Å². The number of aromatic nitrogens is 2. The van der Waals surface area contributed by atoms with Gasteiger partial charge in [0.1, 0.15) is 5.60 Å². The molecule has 3 amide bonds. The average molecular weight is 422 g/mol. The Balaban J connectivity index is 1.33. The summed E-state index contributed by atoms with van der Waals surface area (Å²) >= 11 is 0. The maximum Gasteiger partial charge on any atom is 0.410 e. The minimum absolute atomic E-state index is 0.157. The van der Waals surface area contributed by atoms with Crippen LogP contribution in [0.3, 0.4) is 0 Å². The van der Waals surface area contributed by atoms with Crippen LogP contribution in [0.1, 0.15) is 44.0 Å². The van der Waals surface area contributed by atoms with Gasteiger partial charge in [0.2, 0.25) is 0 Å². The molecule has 8 nitrogen and oxygen atoms in total. The normalized spacial score (nSPS) is 15.9. The molecule has 162 valence electrons. The number of hydrogen-bond donors (Lipinski definition) is 1. The molecule has 2 aromatic heterocycles. The Morgan fingerprint density at radius 2 is 1.87 bits per heavy atom. The fourth-order valence-corrected chi connectivity index (χ4v) is 3.62. The Bertz CT molecular complexity index is 986. The third-order valence-corrected chi connectivity index (χ3v) is 5.22. The molecule has 1 N–H and O–H groups in total. The molecule has 0 atom stereocenters. The molecule has 4 rings (SSSR count). The summed E-state index contributed by atoms with van der Waals surface area (Å²) < 4.78 is 5.43. The van der Waals surface area contributed by atoms with Crippen molar-refractivity contribution in [1.29, 1.82) is 0 Å². The smallest absolute Gasteiger partial charge is 0.410 e. The van der Waals surface area contributed by atoms with E-state index in [4.69, 9.17) is 4.74 Å². The van der Waals surface area contributed by atoms with Crippen molar-refractivity contribution in [2.45, 2.75) is 45.9 Å². The topological polar surface area (TPSA) is 87.7 Å². The second kappa shape index (κ2) is 8.37. The zero-order valence-electron chi connectivity index (χ0n) is 18.1. The molecule has 0 radical (unpaired) electrons. The first-order valence-electron chi connectivity index (χ1n) is 10.4. The molecule has 0 unspecified atom stereocenters. The Labute approximate surface area is 181 Å². The SMILES string of the molecule is CC(C)(C)OC(=O)N1CC=C(c2ccc(NC(=O)N3Cc4ccncc4C3)cn2)CC1. The van der Waals surface area contributed by atoms with Crippen molar-refractivity contribution in [1.82, 2.24) is 19.8 Å². The van der Waals surface area contributed by atoms with E-state index in [0.717, 1.165) is 22.4 Å². The highest BCUT2D eigenvalue weighted by molar-refractivity contribution is 5.89. The second-order valence-corrected chi connectivity index (χ2v) is 8.77. The molecule has 0 spiro atoms. The lowest BCUT2D eigenvalue weighted by Crippen LogP contribution is -2.39. The van der Waals surface area contributed by atoms with Gasteiger partial charge in [-0.25, -0.2) is 9.59 Å². The molecule has 0 aromatic carbocycles. The molecule has 2 aromatic rings. The van der Waals surface area contributed by atoms with Gasteiger partial charge >= 0.3 is 12.1 Å². The summed E-state index contributed by atoms with van der Waals surface area (Å²) in [6, 6.07) is 5.54. The summed E-state index contributed by atoms with van der Waals surface area (Å²) in [6.45, 7) is 7.80. The molecule has 0 aliphatic carbocycles. The Morgan fingerprint density at radius 3 is 2.52 bits per heavy atom. The highest BCUT2D eigenvalue weighted by Crippen LogP contribution is 2.24. The lowest BCUT2D eigenvalue weighted by molar-refractivity contribution is 0.0270. The van der Waals surface area contributed by atoms with Crippen LogP contribution < -0.4 is 5.32 Å². The predicted octanol–water partition coefficient (Wildman–Crippen LogP) is 4.05. The van der Waals surface area contributed by atoms with E-state index in [1.165, 1.54) is 0 Å². The van der Waals surface area contributed by atoms with Crippen LogP contribution in [0.4, 0.5) is 15.3 Å². The summed E-state index contributed by atoms with van der Waals surface area (Å²) in [5.41, 5.74) is 4.29. The van der Waals surface area contributed by atoms with E-state index in [9.17, 15) is 9.59 Å². The van der Waals surface area contributed by atoms with E-state index in [-0.39, 0.29) is 12.1 Å². The van der Waals surface area contributed by atoms with E-state index in [1.54, 1.807) is 28.4 Å². The van der Waals surface area contributed by atoms with Gasteiger partial charge in [0.15, 0.2) is 0 Å². The highest BCUT2D eigenvalue weighted by Gasteiger charge is 2.25. The first-order chi connectivity index (χ1) is 14.8. The summed E-state index contributed by atoms with van der Waals surface area (Å²) in [5, 5.41) is 2.91. The maximum absolute atomic E-state index is 12.6. The fourth-order valence-electron chi connectivity index (χ4n) is 3.62. The third-order valence-electron chi connectivity index (χ3n) is 5.22. The zero-order valence-corrected chi connectivity index (χ0v) is 18.1. The minimum Gasteiger partial charge on any atom is -0.444 e. The third kappa shape index (κ3) is 5.02. The zero-order chi connectivity index (χ0) is 22.0. The number of anilines is 1. The summed E-state index contributed by atoms with van der Waals surface area (Å²) in [6.07, 6.45) is 7.63. The number of urea groups is 1. The van der Waals surface area contributed by atoms with Crippen LogP contribution >= 0.6 is 0 Å². The molecule has 2 aliphatic rings. The first-order valence-corrected chi connectivity index (χ1v) is 10.4. The molecule has 0 fully saturated rings. The maximum atomic E-state index is 12.6. The van der Waals surface area contributed by atoms with Crippen molar-refractivity contribution >= 4 is 23.4 Å². The number of rotatable bonds is 2.